The first kappa shape index (κ1) is 13.5. The third kappa shape index (κ3) is 4.43. The van der Waals surface area contributed by atoms with Crippen LogP contribution in [0.1, 0.15) is 43.2 Å². The quantitative estimate of drug-likeness (QED) is 0.874. The van der Waals surface area contributed by atoms with Crippen molar-refractivity contribution < 1.29 is 14.6 Å². The summed E-state index contributed by atoms with van der Waals surface area (Å²) >= 11 is 0. The molecule has 0 aromatic carbocycles. The van der Waals surface area contributed by atoms with Crippen LogP contribution in [-0.2, 0) is 0 Å². The molecule has 1 aromatic heterocycles. The summed E-state index contributed by atoms with van der Waals surface area (Å²) in [5.74, 6) is -0.801. The predicted molar refractivity (Wildman–Crippen MR) is 65.5 cm³/mol. The minimum Gasteiger partial charge on any atom is -0.477 e. The fourth-order valence-electron chi connectivity index (χ4n) is 1.26. The standard InChI is InChI=1S/C13H19NO3/c1-9-5-6-10(12(15)16)11(14-9)17-8-7-13(2,3)4/h5-6H,7-8H2,1-4H3,(H,15,16). The first-order chi connectivity index (χ1) is 7.79. The molecule has 0 atom stereocenters. The van der Waals surface area contributed by atoms with E-state index in [0.717, 1.165) is 12.1 Å². The maximum atomic E-state index is 11.0. The van der Waals surface area contributed by atoms with Gasteiger partial charge in [-0.25, -0.2) is 9.78 Å². The van der Waals surface area contributed by atoms with Crippen molar-refractivity contribution in [2.24, 2.45) is 5.41 Å². The van der Waals surface area contributed by atoms with Gasteiger partial charge in [-0.3, -0.25) is 0 Å². The molecule has 1 rings (SSSR count). The molecule has 0 unspecified atom stereocenters. The number of carboxylic acids is 1. The number of carbonyl (C=O) groups is 1. The fraction of sp³-hybridized carbons (Fsp3) is 0.538. The van der Waals surface area contributed by atoms with Crippen molar-refractivity contribution in [1.29, 1.82) is 0 Å². The van der Waals surface area contributed by atoms with E-state index < -0.39 is 5.97 Å². The molecule has 0 amide bonds. The first-order valence-corrected chi connectivity index (χ1v) is 5.63. The molecule has 4 heteroatoms. The number of aromatic nitrogens is 1. The van der Waals surface area contributed by atoms with Gasteiger partial charge in [-0.15, -0.1) is 0 Å². The van der Waals surface area contributed by atoms with Gasteiger partial charge in [0.05, 0.1) is 6.61 Å². The SMILES string of the molecule is Cc1ccc(C(=O)O)c(OCCC(C)(C)C)n1. The van der Waals surface area contributed by atoms with E-state index in [1.807, 2.05) is 6.92 Å². The number of aromatic carboxylic acids is 1. The highest BCUT2D eigenvalue weighted by molar-refractivity contribution is 5.90. The highest BCUT2D eigenvalue weighted by Crippen LogP contribution is 2.21. The minimum atomic E-state index is -1.01. The lowest BCUT2D eigenvalue weighted by Crippen LogP contribution is -2.13. The highest BCUT2D eigenvalue weighted by Gasteiger charge is 2.15. The molecule has 0 saturated carbocycles. The number of rotatable bonds is 4. The smallest absolute Gasteiger partial charge is 0.341 e. The Kier molecular flexibility index (Phi) is 4.10. The Morgan fingerprint density at radius 3 is 2.59 bits per heavy atom. The molecule has 94 valence electrons. The number of hydrogen-bond acceptors (Lipinski definition) is 3. The van der Waals surface area contributed by atoms with Crippen LogP contribution in [0.3, 0.4) is 0 Å². The zero-order chi connectivity index (χ0) is 13.1. The maximum absolute atomic E-state index is 11.0. The molecular weight excluding hydrogens is 218 g/mol. The van der Waals surface area contributed by atoms with Gasteiger partial charge in [0.25, 0.3) is 0 Å². The summed E-state index contributed by atoms with van der Waals surface area (Å²) in [5.41, 5.74) is 1.03. The number of ether oxygens (including phenoxy) is 1. The van der Waals surface area contributed by atoms with Gasteiger partial charge in [-0.1, -0.05) is 20.8 Å². The Morgan fingerprint density at radius 1 is 1.41 bits per heavy atom. The Labute approximate surface area is 102 Å². The van der Waals surface area contributed by atoms with Crippen LogP contribution in [0.4, 0.5) is 0 Å². The second kappa shape index (κ2) is 5.17. The van der Waals surface area contributed by atoms with Gasteiger partial charge in [0.1, 0.15) is 5.56 Å². The van der Waals surface area contributed by atoms with Crippen molar-refractivity contribution in [2.45, 2.75) is 34.1 Å². The average molecular weight is 237 g/mol. The molecule has 0 saturated heterocycles. The molecule has 0 radical (unpaired) electrons. The molecule has 0 bridgehead atoms. The van der Waals surface area contributed by atoms with Crippen molar-refractivity contribution in [3.8, 4) is 5.88 Å². The minimum absolute atomic E-state index is 0.115. The number of nitrogens with zero attached hydrogens (tertiary/aromatic N) is 1. The summed E-state index contributed by atoms with van der Waals surface area (Å²) < 4.78 is 5.46. The van der Waals surface area contributed by atoms with E-state index in [1.54, 1.807) is 6.07 Å². The van der Waals surface area contributed by atoms with Gasteiger partial charge in [-0.2, -0.15) is 0 Å². The molecule has 0 fully saturated rings. The Balaban J connectivity index is 2.75. The van der Waals surface area contributed by atoms with E-state index in [9.17, 15) is 4.79 Å². The van der Waals surface area contributed by atoms with E-state index >= 15 is 0 Å². The summed E-state index contributed by atoms with van der Waals surface area (Å²) in [6, 6.07) is 3.19. The lowest BCUT2D eigenvalue weighted by atomic mass is 9.93. The van der Waals surface area contributed by atoms with E-state index in [4.69, 9.17) is 9.84 Å². The Bertz CT molecular complexity index is 408. The van der Waals surface area contributed by atoms with E-state index in [2.05, 4.69) is 25.8 Å². The topological polar surface area (TPSA) is 59.4 Å². The number of hydrogen-bond donors (Lipinski definition) is 1. The molecule has 1 heterocycles. The van der Waals surface area contributed by atoms with Gasteiger partial charge < -0.3 is 9.84 Å². The van der Waals surface area contributed by atoms with E-state index in [0.29, 0.717) is 6.61 Å². The largest absolute Gasteiger partial charge is 0.477 e. The van der Waals surface area contributed by atoms with Crippen LogP contribution in [0.2, 0.25) is 0 Å². The molecular formula is C13H19NO3. The molecule has 0 aliphatic heterocycles. The fourth-order valence-corrected chi connectivity index (χ4v) is 1.26. The molecule has 0 aliphatic carbocycles. The van der Waals surface area contributed by atoms with Gasteiger partial charge in [-0.05, 0) is 30.9 Å². The normalized spacial score (nSPS) is 11.3. The van der Waals surface area contributed by atoms with Gasteiger partial charge in [0, 0.05) is 5.69 Å². The summed E-state index contributed by atoms with van der Waals surface area (Å²) in [5, 5.41) is 9.00. The van der Waals surface area contributed by atoms with Crippen LogP contribution in [0.15, 0.2) is 12.1 Å². The van der Waals surface area contributed by atoms with Crippen molar-refractivity contribution >= 4 is 5.97 Å². The monoisotopic (exact) mass is 237 g/mol. The first-order valence-electron chi connectivity index (χ1n) is 5.63. The third-order valence-corrected chi connectivity index (χ3v) is 2.32. The summed E-state index contributed by atoms with van der Waals surface area (Å²) in [4.78, 5) is 15.1. The van der Waals surface area contributed by atoms with Crippen LogP contribution in [0.5, 0.6) is 5.88 Å². The van der Waals surface area contributed by atoms with Gasteiger partial charge >= 0.3 is 5.97 Å². The Morgan fingerprint density at radius 2 is 2.06 bits per heavy atom. The lowest BCUT2D eigenvalue weighted by molar-refractivity contribution is 0.0690. The average Bonchev–Trinajstić information content (AvgIpc) is 2.15. The van der Waals surface area contributed by atoms with Gasteiger partial charge in [0.15, 0.2) is 0 Å². The van der Waals surface area contributed by atoms with Gasteiger partial charge in [0.2, 0.25) is 5.88 Å². The summed E-state index contributed by atoms with van der Waals surface area (Å²) in [7, 11) is 0. The maximum Gasteiger partial charge on any atom is 0.341 e. The molecule has 4 nitrogen and oxygen atoms in total. The van der Waals surface area contributed by atoms with Crippen molar-refractivity contribution in [2.75, 3.05) is 6.61 Å². The number of carboxylic acid groups (broad SMARTS) is 1. The number of pyridine rings is 1. The third-order valence-electron chi connectivity index (χ3n) is 2.32. The molecule has 17 heavy (non-hydrogen) atoms. The van der Waals surface area contributed by atoms with Crippen molar-refractivity contribution in [3.63, 3.8) is 0 Å². The second-order valence-corrected chi connectivity index (χ2v) is 5.27. The van der Waals surface area contributed by atoms with Crippen LogP contribution in [0, 0.1) is 12.3 Å². The van der Waals surface area contributed by atoms with Crippen LogP contribution >= 0.6 is 0 Å². The zero-order valence-electron chi connectivity index (χ0n) is 10.8. The lowest BCUT2D eigenvalue weighted by Gasteiger charge is -2.18. The predicted octanol–water partition coefficient (Wildman–Crippen LogP) is 2.90. The second-order valence-electron chi connectivity index (χ2n) is 5.27. The number of aryl methyl sites for hydroxylation is 1. The molecule has 1 aromatic rings. The summed E-state index contributed by atoms with van der Waals surface area (Å²) in [6.45, 7) is 8.61. The molecule has 1 N–H and O–H groups in total. The van der Waals surface area contributed by atoms with Crippen molar-refractivity contribution in [3.05, 3.63) is 23.4 Å². The van der Waals surface area contributed by atoms with E-state index in [-0.39, 0.29) is 16.9 Å². The molecule has 0 aliphatic rings. The zero-order valence-corrected chi connectivity index (χ0v) is 10.8. The highest BCUT2D eigenvalue weighted by atomic mass is 16.5. The van der Waals surface area contributed by atoms with E-state index in [1.165, 1.54) is 6.07 Å². The molecule has 0 spiro atoms. The van der Waals surface area contributed by atoms with Crippen LogP contribution < -0.4 is 4.74 Å². The van der Waals surface area contributed by atoms with Crippen molar-refractivity contribution in [1.82, 2.24) is 4.98 Å². The Hall–Kier alpha value is -1.58. The van der Waals surface area contributed by atoms with Crippen LogP contribution in [0.25, 0.3) is 0 Å². The van der Waals surface area contributed by atoms with Crippen LogP contribution in [-0.4, -0.2) is 22.7 Å². The summed E-state index contributed by atoms with van der Waals surface area (Å²) in [6.07, 6.45) is 0.849.